The summed E-state index contributed by atoms with van der Waals surface area (Å²) in [6.45, 7) is 2.14. The lowest BCUT2D eigenvalue weighted by Crippen LogP contribution is -2.27. The molecule has 0 aliphatic rings. The number of methoxy groups -OCH3 is 1. The van der Waals surface area contributed by atoms with Gasteiger partial charge in [0.2, 0.25) is 5.91 Å². The second kappa shape index (κ2) is 8.35. The first kappa shape index (κ1) is 19.3. The van der Waals surface area contributed by atoms with Gasteiger partial charge in [-0.25, -0.2) is 8.42 Å². The van der Waals surface area contributed by atoms with Gasteiger partial charge in [0.15, 0.2) is 9.84 Å². The monoisotopic (exact) mass is 386 g/mol. The van der Waals surface area contributed by atoms with E-state index in [0.717, 1.165) is 5.69 Å². The summed E-state index contributed by atoms with van der Waals surface area (Å²) < 4.78 is 34.5. The van der Waals surface area contributed by atoms with Crippen LogP contribution in [0, 0.1) is 6.92 Å². The number of amides is 1. The van der Waals surface area contributed by atoms with E-state index in [2.05, 4.69) is 10.5 Å². The SMILES string of the molecule is COc1ccc(S(=O)(=O)CCC(=O)NCCc2cc(C)on2)cc1Cl. The molecule has 0 fully saturated rings. The Hall–Kier alpha value is -2.06. The zero-order chi connectivity index (χ0) is 18.4. The van der Waals surface area contributed by atoms with Crippen molar-refractivity contribution in [2.75, 3.05) is 19.4 Å². The Balaban J connectivity index is 1.84. The van der Waals surface area contributed by atoms with Gasteiger partial charge in [-0.15, -0.1) is 0 Å². The van der Waals surface area contributed by atoms with E-state index in [1.165, 1.54) is 25.3 Å². The molecule has 0 atom stereocenters. The van der Waals surface area contributed by atoms with Crippen molar-refractivity contribution < 1.29 is 22.5 Å². The third-order valence-electron chi connectivity index (χ3n) is 3.46. The molecule has 1 aromatic heterocycles. The molecule has 0 bridgehead atoms. The first-order valence-electron chi connectivity index (χ1n) is 7.57. The molecule has 0 aliphatic heterocycles. The van der Waals surface area contributed by atoms with E-state index in [4.69, 9.17) is 20.9 Å². The molecular weight excluding hydrogens is 368 g/mol. The molecule has 0 radical (unpaired) electrons. The maximum atomic E-state index is 12.3. The summed E-state index contributed by atoms with van der Waals surface area (Å²) in [5, 5.41) is 6.68. The van der Waals surface area contributed by atoms with Crippen molar-refractivity contribution in [3.05, 3.63) is 40.7 Å². The van der Waals surface area contributed by atoms with Crippen LogP contribution in [0.25, 0.3) is 0 Å². The normalized spacial score (nSPS) is 11.3. The molecule has 0 aliphatic carbocycles. The molecule has 2 rings (SSSR count). The lowest BCUT2D eigenvalue weighted by atomic mass is 10.3. The highest BCUT2D eigenvalue weighted by Gasteiger charge is 2.18. The highest BCUT2D eigenvalue weighted by molar-refractivity contribution is 7.91. The summed E-state index contributed by atoms with van der Waals surface area (Å²) in [5.74, 6) is 0.445. The Morgan fingerprint density at radius 2 is 2.12 bits per heavy atom. The smallest absolute Gasteiger partial charge is 0.221 e. The van der Waals surface area contributed by atoms with E-state index in [1.54, 1.807) is 13.0 Å². The van der Waals surface area contributed by atoms with Crippen molar-refractivity contribution in [3.63, 3.8) is 0 Å². The number of halogens is 1. The predicted octanol–water partition coefficient (Wildman–Crippen LogP) is 2.17. The minimum atomic E-state index is -3.60. The van der Waals surface area contributed by atoms with Crippen molar-refractivity contribution in [2.45, 2.75) is 24.7 Å². The molecule has 1 N–H and O–H groups in total. The van der Waals surface area contributed by atoms with Gasteiger partial charge < -0.3 is 14.6 Å². The van der Waals surface area contributed by atoms with Gasteiger partial charge in [-0.05, 0) is 25.1 Å². The van der Waals surface area contributed by atoms with Crippen molar-refractivity contribution in [1.29, 1.82) is 0 Å². The molecule has 25 heavy (non-hydrogen) atoms. The molecule has 136 valence electrons. The number of hydrogen-bond acceptors (Lipinski definition) is 6. The van der Waals surface area contributed by atoms with Crippen LogP contribution in [-0.4, -0.2) is 38.9 Å². The third kappa shape index (κ3) is 5.47. The van der Waals surface area contributed by atoms with E-state index in [-0.39, 0.29) is 28.0 Å². The molecule has 0 saturated carbocycles. The fourth-order valence-corrected chi connectivity index (χ4v) is 3.72. The van der Waals surface area contributed by atoms with Gasteiger partial charge in [0.25, 0.3) is 0 Å². The molecule has 1 aromatic carbocycles. The summed E-state index contributed by atoms with van der Waals surface area (Å²) in [4.78, 5) is 11.9. The van der Waals surface area contributed by atoms with Crippen LogP contribution in [0.1, 0.15) is 17.9 Å². The number of ether oxygens (including phenoxy) is 1. The number of aromatic nitrogens is 1. The van der Waals surface area contributed by atoms with Crippen LogP contribution < -0.4 is 10.1 Å². The number of sulfone groups is 1. The highest BCUT2D eigenvalue weighted by atomic mass is 35.5. The standard InChI is InChI=1S/C16H19ClN2O5S/c1-11-9-12(19-24-11)5-7-18-16(20)6-8-25(21,22)13-3-4-15(23-2)14(17)10-13/h3-4,9-10H,5-8H2,1-2H3,(H,18,20). The maximum Gasteiger partial charge on any atom is 0.221 e. The molecule has 1 amide bonds. The Labute approximate surface area is 151 Å². The van der Waals surface area contributed by atoms with Crippen molar-refractivity contribution >= 4 is 27.3 Å². The first-order chi connectivity index (χ1) is 11.8. The summed E-state index contributed by atoms with van der Waals surface area (Å²) in [7, 11) is -2.16. The Kier molecular flexibility index (Phi) is 6.44. The van der Waals surface area contributed by atoms with Crippen LogP contribution in [0.2, 0.25) is 5.02 Å². The number of nitrogens with zero attached hydrogens (tertiary/aromatic N) is 1. The van der Waals surface area contributed by atoms with Gasteiger partial charge in [0, 0.05) is 25.5 Å². The van der Waals surface area contributed by atoms with E-state index < -0.39 is 9.84 Å². The third-order valence-corrected chi connectivity index (χ3v) is 5.47. The predicted molar refractivity (Wildman–Crippen MR) is 92.6 cm³/mol. The minimum Gasteiger partial charge on any atom is -0.495 e. The molecule has 7 nitrogen and oxygen atoms in total. The average molecular weight is 387 g/mol. The zero-order valence-corrected chi connectivity index (χ0v) is 15.5. The second-order valence-electron chi connectivity index (χ2n) is 5.39. The second-order valence-corrected chi connectivity index (χ2v) is 7.91. The van der Waals surface area contributed by atoms with Gasteiger partial charge in [-0.1, -0.05) is 16.8 Å². The Morgan fingerprint density at radius 3 is 2.72 bits per heavy atom. The fraction of sp³-hybridized carbons (Fsp3) is 0.375. The van der Waals surface area contributed by atoms with E-state index in [9.17, 15) is 13.2 Å². The number of carbonyl (C=O) groups excluding carboxylic acids is 1. The summed E-state index contributed by atoms with van der Waals surface area (Å²) in [6, 6.07) is 5.99. The molecule has 0 spiro atoms. The lowest BCUT2D eigenvalue weighted by Gasteiger charge is -2.08. The van der Waals surface area contributed by atoms with E-state index in [0.29, 0.717) is 24.5 Å². The van der Waals surface area contributed by atoms with Crippen molar-refractivity contribution in [1.82, 2.24) is 10.5 Å². The zero-order valence-electron chi connectivity index (χ0n) is 13.9. The van der Waals surface area contributed by atoms with Gasteiger partial charge in [-0.3, -0.25) is 4.79 Å². The summed E-state index contributed by atoms with van der Waals surface area (Å²) in [6.07, 6.45) is 0.383. The summed E-state index contributed by atoms with van der Waals surface area (Å²) >= 11 is 5.94. The Bertz CT molecular complexity index is 848. The van der Waals surface area contributed by atoms with Gasteiger partial charge in [-0.2, -0.15) is 0 Å². The molecular formula is C16H19ClN2O5S. The van der Waals surface area contributed by atoms with Crippen LogP contribution in [-0.2, 0) is 21.1 Å². The van der Waals surface area contributed by atoms with Gasteiger partial charge >= 0.3 is 0 Å². The molecule has 9 heteroatoms. The number of nitrogens with one attached hydrogen (secondary N) is 1. The van der Waals surface area contributed by atoms with Crippen molar-refractivity contribution in [3.8, 4) is 5.75 Å². The van der Waals surface area contributed by atoms with Crippen LogP contribution >= 0.6 is 11.6 Å². The highest BCUT2D eigenvalue weighted by Crippen LogP contribution is 2.27. The van der Waals surface area contributed by atoms with E-state index >= 15 is 0 Å². The topological polar surface area (TPSA) is 98.5 Å². The number of hydrogen-bond donors (Lipinski definition) is 1. The maximum absolute atomic E-state index is 12.3. The van der Waals surface area contributed by atoms with Gasteiger partial charge in [0.1, 0.15) is 11.5 Å². The van der Waals surface area contributed by atoms with Crippen LogP contribution in [0.3, 0.4) is 0 Å². The Morgan fingerprint density at radius 1 is 1.36 bits per heavy atom. The molecule has 2 aromatic rings. The van der Waals surface area contributed by atoms with Crippen LogP contribution in [0.4, 0.5) is 0 Å². The van der Waals surface area contributed by atoms with Crippen molar-refractivity contribution in [2.24, 2.45) is 0 Å². The number of benzene rings is 1. The van der Waals surface area contributed by atoms with Gasteiger partial charge in [0.05, 0.1) is 28.5 Å². The number of rotatable bonds is 8. The minimum absolute atomic E-state index is 0.0594. The molecule has 0 saturated heterocycles. The lowest BCUT2D eigenvalue weighted by molar-refractivity contribution is -0.120. The average Bonchev–Trinajstić information content (AvgIpc) is 2.98. The largest absolute Gasteiger partial charge is 0.495 e. The number of aryl methyl sites for hydroxylation is 1. The van der Waals surface area contributed by atoms with E-state index in [1.807, 2.05) is 0 Å². The quantitative estimate of drug-likeness (QED) is 0.746. The summed E-state index contributed by atoms with van der Waals surface area (Å²) in [5.41, 5.74) is 0.735. The molecule has 0 unspecified atom stereocenters. The van der Waals surface area contributed by atoms with Crippen LogP contribution in [0.15, 0.2) is 33.7 Å². The van der Waals surface area contributed by atoms with Crippen LogP contribution in [0.5, 0.6) is 5.75 Å². The number of carbonyl (C=O) groups is 1. The molecule has 1 heterocycles. The first-order valence-corrected chi connectivity index (χ1v) is 9.60. The fourth-order valence-electron chi connectivity index (χ4n) is 2.14.